The zero-order valence-corrected chi connectivity index (χ0v) is 24.1. The number of nitrogens with one attached hydrogen (secondary N) is 1. The molecule has 0 aromatic heterocycles. The van der Waals surface area contributed by atoms with Crippen molar-refractivity contribution in [2.24, 2.45) is 0 Å². The Balaban J connectivity index is 1.32. The molecule has 0 saturated heterocycles. The summed E-state index contributed by atoms with van der Waals surface area (Å²) >= 11 is 1.79. The number of hydrogen-bond donors (Lipinski definition) is 1. The van der Waals surface area contributed by atoms with Gasteiger partial charge in [-0.05, 0) is 54.6 Å². The number of carbonyl (C=O) groups excluding carboxylic acids is 1. The molecule has 0 saturated carbocycles. The number of rotatable bonds is 18. The summed E-state index contributed by atoms with van der Waals surface area (Å²) in [5.41, 5.74) is 3.35. The van der Waals surface area contributed by atoms with Crippen molar-refractivity contribution in [3.63, 3.8) is 0 Å². The molecule has 1 aliphatic rings. The molecular formula is C32H45FN2O2S. The summed E-state index contributed by atoms with van der Waals surface area (Å²) in [6.45, 7) is 5.65. The van der Waals surface area contributed by atoms with Gasteiger partial charge < -0.3 is 15.0 Å². The van der Waals surface area contributed by atoms with Crippen LogP contribution >= 0.6 is 11.8 Å². The second-order valence-electron chi connectivity index (χ2n) is 10.3. The first-order chi connectivity index (χ1) is 18.6. The first kappa shape index (κ1) is 30.1. The van der Waals surface area contributed by atoms with Crippen molar-refractivity contribution in [2.45, 2.75) is 97.4 Å². The van der Waals surface area contributed by atoms with Gasteiger partial charge in [0.1, 0.15) is 0 Å². The van der Waals surface area contributed by atoms with E-state index in [9.17, 15) is 9.18 Å². The Hall–Kier alpha value is -2.47. The number of thioether (sulfide) groups is 1. The minimum Gasteiger partial charge on any atom is -0.491 e. The van der Waals surface area contributed by atoms with Crippen LogP contribution in [0.25, 0.3) is 0 Å². The largest absolute Gasteiger partial charge is 0.491 e. The average Bonchev–Trinajstić information content (AvgIpc) is 3.31. The van der Waals surface area contributed by atoms with E-state index in [-0.39, 0.29) is 17.2 Å². The second-order valence-corrected chi connectivity index (χ2v) is 11.1. The van der Waals surface area contributed by atoms with Gasteiger partial charge in [0.15, 0.2) is 11.6 Å². The summed E-state index contributed by atoms with van der Waals surface area (Å²) < 4.78 is 20.3. The van der Waals surface area contributed by atoms with Crippen molar-refractivity contribution < 1.29 is 13.9 Å². The lowest BCUT2D eigenvalue weighted by atomic mass is 10.1. The van der Waals surface area contributed by atoms with Gasteiger partial charge in [0.25, 0.3) is 5.91 Å². The standard InChI is InChI=1S/C32H45FN2O2S/c1-3-4-5-6-7-8-9-10-11-12-13-14-20-37-31-19-18-28(22-30(31)33)32(36)34-29-17-15-16-27(21-29)23-35-25-38-24-26(35)2/h15-19,21-22,24H,3-14,20,23,25H2,1-2H3,(H,34,36). The predicted molar refractivity (Wildman–Crippen MR) is 159 cm³/mol. The predicted octanol–water partition coefficient (Wildman–Crippen LogP) is 9.53. The first-order valence-corrected chi connectivity index (χ1v) is 15.5. The summed E-state index contributed by atoms with van der Waals surface area (Å²) in [5, 5.41) is 5.05. The third kappa shape index (κ3) is 10.7. The zero-order valence-electron chi connectivity index (χ0n) is 23.3. The van der Waals surface area contributed by atoms with Crippen LogP contribution in [0.3, 0.4) is 0 Å². The fourth-order valence-corrected chi connectivity index (χ4v) is 5.59. The number of anilines is 1. The van der Waals surface area contributed by atoms with Gasteiger partial charge in [0.2, 0.25) is 0 Å². The first-order valence-electron chi connectivity index (χ1n) is 14.4. The molecule has 3 rings (SSSR count). The molecule has 0 unspecified atom stereocenters. The summed E-state index contributed by atoms with van der Waals surface area (Å²) in [5.74, 6) is 0.314. The third-order valence-electron chi connectivity index (χ3n) is 6.99. The number of benzene rings is 2. The number of amides is 1. The van der Waals surface area contributed by atoms with E-state index in [1.54, 1.807) is 23.9 Å². The van der Waals surface area contributed by atoms with E-state index in [2.05, 4.69) is 29.5 Å². The smallest absolute Gasteiger partial charge is 0.255 e. The number of carbonyl (C=O) groups is 1. The van der Waals surface area contributed by atoms with Gasteiger partial charge in [-0.2, -0.15) is 0 Å². The molecule has 38 heavy (non-hydrogen) atoms. The molecule has 6 heteroatoms. The van der Waals surface area contributed by atoms with Crippen molar-refractivity contribution in [1.82, 2.24) is 4.90 Å². The van der Waals surface area contributed by atoms with Crippen LogP contribution < -0.4 is 10.1 Å². The number of unbranched alkanes of at least 4 members (excludes halogenated alkanes) is 11. The third-order valence-corrected chi connectivity index (χ3v) is 7.96. The molecule has 1 amide bonds. The fraction of sp³-hybridized carbons (Fsp3) is 0.531. The molecule has 0 atom stereocenters. The van der Waals surface area contributed by atoms with E-state index >= 15 is 0 Å². The van der Waals surface area contributed by atoms with Crippen LogP contribution in [-0.4, -0.2) is 23.3 Å². The Bertz CT molecular complexity index is 1030. The molecule has 1 N–H and O–H groups in total. The Morgan fingerprint density at radius 2 is 1.63 bits per heavy atom. The Kier molecular flexibility index (Phi) is 13.6. The van der Waals surface area contributed by atoms with E-state index in [4.69, 9.17) is 4.74 Å². The molecule has 2 aromatic carbocycles. The molecule has 0 bridgehead atoms. The Labute approximate surface area is 233 Å². The van der Waals surface area contributed by atoms with Crippen LogP contribution in [0.1, 0.15) is 107 Å². The minimum atomic E-state index is -0.501. The molecule has 0 spiro atoms. The maximum atomic E-state index is 14.6. The topological polar surface area (TPSA) is 41.6 Å². The van der Waals surface area contributed by atoms with Gasteiger partial charge in [-0.1, -0.05) is 89.7 Å². The lowest BCUT2D eigenvalue weighted by molar-refractivity contribution is 0.102. The summed E-state index contributed by atoms with van der Waals surface area (Å²) in [7, 11) is 0. The van der Waals surface area contributed by atoms with Gasteiger partial charge in [-0.15, -0.1) is 11.8 Å². The SMILES string of the molecule is CCCCCCCCCCCCCCOc1ccc(C(=O)Nc2cccc(CN3CSC=C3C)c2)cc1F. The highest BCUT2D eigenvalue weighted by Crippen LogP contribution is 2.25. The van der Waals surface area contributed by atoms with Crippen molar-refractivity contribution >= 4 is 23.4 Å². The van der Waals surface area contributed by atoms with E-state index in [0.29, 0.717) is 12.3 Å². The van der Waals surface area contributed by atoms with Crippen LogP contribution in [-0.2, 0) is 6.54 Å². The molecular weight excluding hydrogens is 495 g/mol. The molecule has 4 nitrogen and oxygen atoms in total. The molecule has 0 fully saturated rings. The van der Waals surface area contributed by atoms with E-state index in [1.807, 2.05) is 24.3 Å². The minimum absolute atomic E-state index is 0.207. The van der Waals surface area contributed by atoms with Crippen LogP contribution in [0.2, 0.25) is 0 Å². The van der Waals surface area contributed by atoms with Crippen LogP contribution in [0.4, 0.5) is 10.1 Å². The van der Waals surface area contributed by atoms with Crippen LogP contribution in [0.15, 0.2) is 53.6 Å². The van der Waals surface area contributed by atoms with E-state index in [0.717, 1.165) is 30.8 Å². The summed E-state index contributed by atoms with van der Waals surface area (Å²) in [6.07, 6.45) is 15.3. The van der Waals surface area contributed by atoms with Crippen molar-refractivity contribution in [2.75, 3.05) is 17.8 Å². The zero-order chi connectivity index (χ0) is 27.0. The molecule has 208 valence electrons. The van der Waals surface area contributed by atoms with E-state index in [1.165, 1.54) is 76.0 Å². The van der Waals surface area contributed by atoms with Gasteiger partial charge in [-0.25, -0.2) is 4.39 Å². The van der Waals surface area contributed by atoms with Gasteiger partial charge in [0.05, 0.1) is 12.5 Å². The highest BCUT2D eigenvalue weighted by atomic mass is 32.2. The lowest BCUT2D eigenvalue weighted by Gasteiger charge is -2.19. The Morgan fingerprint density at radius 3 is 2.26 bits per heavy atom. The molecule has 1 aliphatic heterocycles. The van der Waals surface area contributed by atoms with Crippen LogP contribution in [0.5, 0.6) is 5.75 Å². The maximum absolute atomic E-state index is 14.6. The van der Waals surface area contributed by atoms with Crippen LogP contribution in [0, 0.1) is 5.82 Å². The van der Waals surface area contributed by atoms with Crippen molar-refractivity contribution in [3.8, 4) is 5.75 Å². The van der Waals surface area contributed by atoms with Gasteiger partial charge in [0, 0.05) is 23.5 Å². The monoisotopic (exact) mass is 540 g/mol. The Morgan fingerprint density at radius 1 is 0.947 bits per heavy atom. The molecule has 2 aromatic rings. The quantitative estimate of drug-likeness (QED) is 0.191. The summed E-state index contributed by atoms with van der Waals surface area (Å²) in [6, 6.07) is 12.2. The number of nitrogens with zero attached hydrogens (tertiary/aromatic N) is 1. The molecule has 1 heterocycles. The van der Waals surface area contributed by atoms with E-state index < -0.39 is 5.82 Å². The number of halogens is 1. The number of hydrogen-bond acceptors (Lipinski definition) is 4. The van der Waals surface area contributed by atoms with Gasteiger partial charge in [-0.3, -0.25) is 4.79 Å². The fourth-order valence-electron chi connectivity index (χ4n) is 4.65. The number of ether oxygens (including phenoxy) is 1. The summed E-state index contributed by atoms with van der Waals surface area (Å²) in [4.78, 5) is 15.0. The average molecular weight is 541 g/mol. The molecule has 0 radical (unpaired) electrons. The molecule has 0 aliphatic carbocycles. The second kappa shape index (κ2) is 17.2. The number of allylic oxidation sites excluding steroid dienone is 1. The van der Waals surface area contributed by atoms with Gasteiger partial charge >= 0.3 is 0 Å². The highest BCUT2D eigenvalue weighted by molar-refractivity contribution is 8.02. The lowest BCUT2D eigenvalue weighted by Crippen LogP contribution is -2.17. The van der Waals surface area contributed by atoms with Crippen molar-refractivity contribution in [1.29, 1.82) is 0 Å². The maximum Gasteiger partial charge on any atom is 0.255 e. The van der Waals surface area contributed by atoms with Crippen molar-refractivity contribution in [3.05, 3.63) is 70.5 Å². The highest BCUT2D eigenvalue weighted by Gasteiger charge is 2.14. The normalized spacial score (nSPS) is 13.0.